The lowest BCUT2D eigenvalue weighted by atomic mass is 10.0. The standard InChI is InChI=1S/C28H28N6O2/c35-26(32-13-15-33(16-14-32)28-29-11-5-12-30-28)20-34-19-24(31-27(34)21-6-2-1-3-7-21)22-9-10-25-23(18-22)8-4-17-36-25/h1-3,5-7,9-12,18-19H,4,8,13-17,20H2. The SMILES string of the molecule is O=C(Cn1cc(-c2ccc3c(c2)CCCO3)nc1-c1ccccc1)N1CCN(c2ncccn2)CC1. The van der Waals surface area contributed by atoms with Crippen molar-refractivity contribution in [2.45, 2.75) is 19.4 Å². The number of carbonyl (C=O) groups is 1. The van der Waals surface area contributed by atoms with Gasteiger partial charge in [0.15, 0.2) is 0 Å². The summed E-state index contributed by atoms with van der Waals surface area (Å²) < 4.78 is 7.76. The summed E-state index contributed by atoms with van der Waals surface area (Å²) in [4.78, 5) is 31.0. The van der Waals surface area contributed by atoms with Gasteiger partial charge in [-0.1, -0.05) is 30.3 Å². The number of amides is 1. The van der Waals surface area contributed by atoms with E-state index in [1.54, 1.807) is 12.4 Å². The first-order chi connectivity index (χ1) is 17.7. The van der Waals surface area contributed by atoms with E-state index in [0.29, 0.717) is 32.1 Å². The highest BCUT2D eigenvalue weighted by Gasteiger charge is 2.24. The summed E-state index contributed by atoms with van der Waals surface area (Å²) in [6.45, 7) is 3.73. The van der Waals surface area contributed by atoms with Gasteiger partial charge in [-0.2, -0.15) is 0 Å². The van der Waals surface area contributed by atoms with Gasteiger partial charge in [-0.3, -0.25) is 4.79 Å². The van der Waals surface area contributed by atoms with E-state index in [1.165, 1.54) is 5.56 Å². The van der Waals surface area contributed by atoms with Gasteiger partial charge in [-0.15, -0.1) is 0 Å². The summed E-state index contributed by atoms with van der Waals surface area (Å²) in [6, 6.07) is 18.1. The number of hydrogen-bond acceptors (Lipinski definition) is 6. The molecule has 0 N–H and O–H groups in total. The van der Waals surface area contributed by atoms with Crippen LogP contribution < -0.4 is 9.64 Å². The number of imidazole rings is 1. The number of hydrogen-bond donors (Lipinski definition) is 0. The number of rotatable bonds is 5. The molecule has 0 atom stereocenters. The molecule has 0 spiro atoms. The van der Waals surface area contributed by atoms with E-state index in [-0.39, 0.29) is 12.5 Å². The van der Waals surface area contributed by atoms with E-state index >= 15 is 0 Å². The van der Waals surface area contributed by atoms with Crippen molar-refractivity contribution in [3.8, 4) is 28.4 Å². The third kappa shape index (κ3) is 4.54. The average Bonchev–Trinajstić information content (AvgIpc) is 3.37. The molecule has 0 saturated carbocycles. The van der Waals surface area contributed by atoms with Gasteiger partial charge in [0, 0.05) is 55.9 Å². The van der Waals surface area contributed by atoms with Crippen molar-refractivity contribution in [3.63, 3.8) is 0 Å². The molecule has 8 nitrogen and oxygen atoms in total. The molecule has 0 aliphatic carbocycles. The Bertz CT molecular complexity index is 1350. The maximum atomic E-state index is 13.3. The molecule has 1 fully saturated rings. The van der Waals surface area contributed by atoms with Gasteiger partial charge in [0.05, 0.1) is 12.3 Å². The largest absolute Gasteiger partial charge is 0.493 e. The zero-order chi connectivity index (χ0) is 24.3. The maximum absolute atomic E-state index is 13.3. The Morgan fingerprint density at radius 3 is 2.53 bits per heavy atom. The molecule has 2 aromatic carbocycles. The molecule has 36 heavy (non-hydrogen) atoms. The highest BCUT2D eigenvalue weighted by atomic mass is 16.5. The smallest absolute Gasteiger partial charge is 0.242 e. The second kappa shape index (κ2) is 9.81. The van der Waals surface area contributed by atoms with Crippen LogP contribution in [-0.4, -0.2) is 63.1 Å². The molecule has 2 aliphatic heterocycles. The summed E-state index contributed by atoms with van der Waals surface area (Å²) >= 11 is 0. The minimum absolute atomic E-state index is 0.0867. The predicted octanol–water partition coefficient (Wildman–Crippen LogP) is 3.68. The Hall–Kier alpha value is -4.20. The quantitative estimate of drug-likeness (QED) is 0.434. The second-order valence-corrected chi connectivity index (χ2v) is 9.13. The third-order valence-corrected chi connectivity index (χ3v) is 6.79. The first kappa shape index (κ1) is 22.3. The fourth-order valence-electron chi connectivity index (χ4n) is 4.87. The monoisotopic (exact) mass is 480 g/mol. The van der Waals surface area contributed by atoms with Gasteiger partial charge < -0.3 is 19.1 Å². The van der Waals surface area contributed by atoms with Crippen LogP contribution in [0.5, 0.6) is 5.75 Å². The molecular weight excluding hydrogens is 452 g/mol. The maximum Gasteiger partial charge on any atom is 0.242 e. The molecule has 0 bridgehead atoms. The zero-order valence-corrected chi connectivity index (χ0v) is 20.1. The van der Waals surface area contributed by atoms with Crippen LogP contribution in [0, 0.1) is 0 Å². The minimum Gasteiger partial charge on any atom is -0.493 e. The molecule has 0 unspecified atom stereocenters. The molecule has 182 valence electrons. The topological polar surface area (TPSA) is 76.4 Å². The molecule has 0 radical (unpaired) electrons. The van der Waals surface area contributed by atoms with E-state index in [9.17, 15) is 4.79 Å². The summed E-state index contributed by atoms with van der Waals surface area (Å²) in [6.07, 6.45) is 7.53. The molecule has 1 saturated heterocycles. The minimum atomic E-state index is 0.0867. The first-order valence-electron chi connectivity index (χ1n) is 12.4. The number of fused-ring (bicyclic) bond motifs is 1. The third-order valence-electron chi connectivity index (χ3n) is 6.79. The number of carbonyl (C=O) groups excluding carboxylic acids is 1. The van der Waals surface area contributed by atoms with Crippen molar-refractivity contribution in [1.29, 1.82) is 0 Å². The van der Waals surface area contributed by atoms with Gasteiger partial charge in [0.2, 0.25) is 11.9 Å². The molecule has 4 aromatic rings. The average molecular weight is 481 g/mol. The highest BCUT2D eigenvalue weighted by Crippen LogP contribution is 2.31. The van der Waals surface area contributed by atoms with Crippen LogP contribution in [0.15, 0.2) is 73.2 Å². The van der Waals surface area contributed by atoms with E-state index in [2.05, 4.69) is 27.0 Å². The number of aromatic nitrogens is 4. The van der Waals surface area contributed by atoms with Crippen molar-refractivity contribution >= 4 is 11.9 Å². The summed E-state index contributed by atoms with van der Waals surface area (Å²) in [5, 5.41) is 0. The van der Waals surface area contributed by atoms with Crippen LogP contribution in [0.2, 0.25) is 0 Å². The predicted molar refractivity (Wildman–Crippen MR) is 138 cm³/mol. The molecule has 6 rings (SSSR count). The molecule has 2 aliphatic rings. The van der Waals surface area contributed by atoms with Crippen molar-refractivity contribution in [2.24, 2.45) is 0 Å². The van der Waals surface area contributed by atoms with E-state index in [0.717, 1.165) is 47.8 Å². The number of benzene rings is 2. The number of piperazine rings is 1. The van der Waals surface area contributed by atoms with Crippen LogP contribution in [0.1, 0.15) is 12.0 Å². The molecule has 4 heterocycles. The zero-order valence-electron chi connectivity index (χ0n) is 20.1. The van der Waals surface area contributed by atoms with Crippen LogP contribution in [0.3, 0.4) is 0 Å². The lowest BCUT2D eigenvalue weighted by molar-refractivity contribution is -0.132. The Morgan fingerprint density at radius 1 is 0.917 bits per heavy atom. The van der Waals surface area contributed by atoms with Gasteiger partial charge in [-0.05, 0) is 42.7 Å². The van der Waals surface area contributed by atoms with Crippen molar-refractivity contribution in [3.05, 3.63) is 78.8 Å². The Balaban J connectivity index is 1.23. The van der Waals surface area contributed by atoms with Crippen LogP contribution in [-0.2, 0) is 17.8 Å². The lowest BCUT2D eigenvalue weighted by Gasteiger charge is -2.34. The van der Waals surface area contributed by atoms with E-state index < -0.39 is 0 Å². The first-order valence-corrected chi connectivity index (χ1v) is 12.4. The molecule has 2 aromatic heterocycles. The number of nitrogens with zero attached hydrogens (tertiary/aromatic N) is 6. The number of anilines is 1. The van der Waals surface area contributed by atoms with Crippen molar-refractivity contribution < 1.29 is 9.53 Å². The van der Waals surface area contributed by atoms with Crippen LogP contribution in [0.25, 0.3) is 22.6 Å². The molecule has 8 heteroatoms. The molecular formula is C28H28N6O2. The summed E-state index contributed by atoms with van der Waals surface area (Å²) in [5.74, 6) is 2.56. The summed E-state index contributed by atoms with van der Waals surface area (Å²) in [5.41, 5.74) is 4.11. The highest BCUT2D eigenvalue weighted by molar-refractivity contribution is 5.78. The van der Waals surface area contributed by atoms with Crippen LogP contribution >= 0.6 is 0 Å². The van der Waals surface area contributed by atoms with E-state index in [1.807, 2.05) is 58.1 Å². The fourth-order valence-corrected chi connectivity index (χ4v) is 4.87. The lowest BCUT2D eigenvalue weighted by Crippen LogP contribution is -2.50. The Morgan fingerprint density at radius 2 is 1.72 bits per heavy atom. The van der Waals surface area contributed by atoms with Gasteiger partial charge >= 0.3 is 0 Å². The summed E-state index contributed by atoms with van der Waals surface area (Å²) in [7, 11) is 0. The normalized spacial score (nSPS) is 15.3. The van der Waals surface area contributed by atoms with Crippen molar-refractivity contribution in [2.75, 3.05) is 37.7 Å². The Labute approximate surface area is 210 Å². The fraction of sp³-hybridized carbons (Fsp3) is 0.286. The second-order valence-electron chi connectivity index (χ2n) is 9.13. The molecule has 1 amide bonds. The number of ether oxygens (including phenoxy) is 1. The van der Waals surface area contributed by atoms with Gasteiger partial charge in [0.25, 0.3) is 0 Å². The van der Waals surface area contributed by atoms with Gasteiger partial charge in [0.1, 0.15) is 18.1 Å². The van der Waals surface area contributed by atoms with Gasteiger partial charge in [-0.25, -0.2) is 15.0 Å². The van der Waals surface area contributed by atoms with Crippen molar-refractivity contribution in [1.82, 2.24) is 24.4 Å². The number of aryl methyl sites for hydroxylation is 1. The van der Waals surface area contributed by atoms with E-state index in [4.69, 9.17) is 9.72 Å². The van der Waals surface area contributed by atoms with Crippen LogP contribution in [0.4, 0.5) is 5.95 Å². The Kier molecular flexibility index (Phi) is 6.07.